The normalized spacial score (nSPS) is 16.0. The van der Waals surface area contributed by atoms with Gasteiger partial charge < -0.3 is 9.64 Å². The van der Waals surface area contributed by atoms with E-state index in [0.29, 0.717) is 13.2 Å². The summed E-state index contributed by atoms with van der Waals surface area (Å²) in [7, 11) is 1.99. The maximum Gasteiger partial charge on any atom is 0.236 e. The number of benzene rings is 1. The lowest BCUT2D eigenvalue weighted by atomic mass is 10.1. The molecule has 1 heterocycles. The van der Waals surface area contributed by atoms with Gasteiger partial charge in [-0.1, -0.05) is 31.4 Å². The molecule has 4 heteroatoms. The van der Waals surface area contributed by atoms with Gasteiger partial charge in [-0.15, -0.1) is 0 Å². The summed E-state index contributed by atoms with van der Waals surface area (Å²) in [5, 5.41) is 0. The zero-order chi connectivity index (χ0) is 16.5. The zero-order valence-corrected chi connectivity index (χ0v) is 14.6. The maximum atomic E-state index is 12.4. The number of aryl methyl sites for hydroxylation is 1. The predicted molar refractivity (Wildman–Crippen MR) is 93.8 cm³/mol. The van der Waals surface area contributed by atoms with Crippen LogP contribution in [0.2, 0.25) is 0 Å². The first-order chi connectivity index (χ1) is 11.1. The van der Waals surface area contributed by atoms with Crippen molar-refractivity contribution in [3.05, 3.63) is 29.8 Å². The number of carbonyl (C=O) groups excluding carboxylic acids is 1. The Kier molecular flexibility index (Phi) is 7.40. The molecule has 0 aliphatic carbocycles. The summed E-state index contributed by atoms with van der Waals surface area (Å²) < 4.78 is 5.75. The molecule has 0 N–H and O–H groups in total. The standard InChI is InChI=1S/C19H30N2O2/c1-17-9-8-10-18(15-17)23-14-13-20(2)16-19(22)21-11-6-4-3-5-7-12-21/h8-10,15H,3-7,11-14,16H2,1-2H3. The Morgan fingerprint density at radius 3 is 2.57 bits per heavy atom. The van der Waals surface area contributed by atoms with Gasteiger partial charge in [0.2, 0.25) is 5.91 Å². The average molecular weight is 318 g/mol. The number of likely N-dealkylation sites (N-methyl/N-ethyl adjacent to an activating group) is 1. The highest BCUT2D eigenvalue weighted by Gasteiger charge is 2.16. The van der Waals surface area contributed by atoms with E-state index in [1.165, 1.54) is 24.8 Å². The minimum Gasteiger partial charge on any atom is -0.492 e. The quantitative estimate of drug-likeness (QED) is 0.808. The maximum absolute atomic E-state index is 12.4. The van der Waals surface area contributed by atoms with E-state index < -0.39 is 0 Å². The molecule has 0 atom stereocenters. The summed E-state index contributed by atoms with van der Waals surface area (Å²) in [5.74, 6) is 1.15. The molecular weight excluding hydrogens is 288 g/mol. The molecule has 0 unspecified atom stereocenters. The summed E-state index contributed by atoms with van der Waals surface area (Å²) in [5.41, 5.74) is 1.20. The van der Waals surface area contributed by atoms with Crippen molar-refractivity contribution in [2.75, 3.05) is 39.8 Å². The highest BCUT2D eigenvalue weighted by molar-refractivity contribution is 5.78. The lowest BCUT2D eigenvalue weighted by Gasteiger charge is -2.27. The van der Waals surface area contributed by atoms with E-state index >= 15 is 0 Å². The van der Waals surface area contributed by atoms with Gasteiger partial charge in [-0.3, -0.25) is 9.69 Å². The minimum atomic E-state index is 0.255. The van der Waals surface area contributed by atoms with Crippen LogP contribution in [0.4, 0.5) is 0 Å². The van der Waals surface area contributed by atoms with Gasteiger partial charge in [-0.05, 0) is 44.5 Å². The van der Waals surface area contributed by atoms with Crippen molar-refractivity contribution >= 4 is 5.91 Å². The second-order valence-electron chi connectivity index (χ2n) is 6.55. The van der Waals surface area contributed by atoms with Crippen molar-refractivity contribution in [3.63, 3.8) is 0 Å². The van der Waals surface area contributed by atoms with Gasteiger partial charge in [-0.25, -0.2) is 0 Å². The molecular formula is C19H30N2O2. The van der Waals surface area contributed by atoms with Gasteiger partial charge >= 0.3 is 0 Å². The van der Waals surface area contributed by atoms with E-state index in [9.17, 15) is 4.79 Å². The minimum absolute atomic E-state index is 0.255. The Bertz CT molecular complexity index is 482. The molecule has 1 aliphatic heterocycles. The van der Waals surface area contributed by atoms with Crippen molar-refractivity contribution in [1.82, 2.24) is 9.80 Å². The first-order valence-corrected chi connectivity index (χ1v) is 8.81. The third-order valence-corrected chi connectivity index (χ3v) is 4.35. The Balaban J connectivity index is 1.68. The Morgan fingerprint density at radius 2 is 1.87 bits per heavy atom. The fourth-order valence-corrected chi connectivity index (χ4v) is 2.93. The van der Waals surface area contributed by atoms with Crippen molar-refractivity contribution in [2.45, 2.75) is 39.0 Å². The first-order valence-electron chi connectivity index (χ1n) is 8.81. The fraction of sp³-hybridized carbons (Fsp3) is 0.632. The summed E-state index contributed by atoms with van der Waals surface area (Å²) in [6.45, 7) is 5.75. The van der Waals surface area contributed by atoms with E-state index in [4.69, 9.17) is 4.74 Å². The number of hydrogen-bond acceptors (Lipinski definition) is 3. The van der Waals surface area contributed by atoms with Crippen LogP contribution in [0, 0.1) is 6.92 Å². The molecule has 1 aromatic rings. The van der Waals surface area contributed by atoms with Gasteiger partial charge in [0.25, 0.3) is 0 Å². The number of nitrogens with zero attached hydrogens (tertiary/aromatic N) is 2. The third-order valence-electron chi connectivity index (χ3n) is 4.35. The van der Waals surface area contributed by atoms with Crippen LogP contribution < -0.4 is 4.74 Å². The van der Waals surface area contributed by atoms with Crippen LogP contribution in [0.15, 0.2) is 24.3 Å². The fourth-order valence-electron chi connectivity index (χ4n) is 2.93. The van der Waals surface area contributed by atoms with Crippen molar-refractivity contribution < 1.29 is 9.53 Å². The van der Waals surface area contributed by atoms with Crippen molar-refractivity contribution in [1.29, 1.82) is 0 Å². The SMILES string of the molecule is Cc1cccc(OCCN(C)CC(=O)N2CCCCCCC2)c1. The highest BCUT2D eigenvalue weighted by Crippen LogP contribution is 2.12. The van der Waals surface area contributed by atoms with Gasteiger partial charge in [0, 0.05) is 19.6 Å². The summed E-state index contributed by atoms with van der Waals surface area (Å²) in [6, 6.07) is 8.06. The van der Waals surface area contributed by atoms with E-state index in [0.717, 1.165) is 38.2 Å². The van der Waals surface area contributed by atoms with Gasteiger partial charge in [-0.2, -0.15) is 0 Å². The zero-order valence-electron chi connectivity index (χ0n) is 14.6. The van der Waals surface area contributed by atoms with Crippen LogP contribution in [-0.4, -0.2) is 55.5 Å². The molecule has 128 valence electrons. The van der Waals surface area contributed by atoms with Gasteiger partial charge in [0.15, 0.2) is 0 Å². The Morgan fingerprint density at radius 1 is 1.17 bits per heavy atom. The lowest BCUT2D eigenvalue weighted by Crippen LogP contribution is -2.41. The predicted octanol–water partition coefficient (Wildman–Crippen LogP) is 3.10. The molecule has 0 aromatic heterocycles. The van der Waals surface area contributed by atoms with Crippen LogP contribution in [0.1, 0.15) is 37.7 Å². The molecule has 1 amide bonds. The molecule has 4 nitrogen and oxygen atoms in total. The summed E-state index contributed by atoms with van der Waals surface area (Å²) >= 11 is 0. The monoisotopic (exact) mass is 318 g/mol. The molecule has 0 radical (unpaired) electrons. The van der Waals surface area contributed by atoms with E-state index in [1.807, 2.05) is 30.1 Å². The molecule has 1 aliphatic rings. The van der Waals surface area contributed by atoms with E-state index in [-0.39, 0.29) is 5.91 Å². The number of rotatable bonds is 6. The molecule has 2 rings (SSSR count). The number of ether oxygens (including phenoxy) is 1. The van der Waals surface area contributed by atoms with Crippen LogP contribution in [-0.2, 0) is 4.79 Å². The molecule has 1 saturated heterocycles. The number of amides is 1. The summed E-state index contributed by atoms with van der Waals surface area (Å²) in [4.78, 5) is 16.5. The topological polar surface area (TPSA) is 32.8 Å². The van der Waals surface area contributed by atoms with E-state index in [2.05, 4.69) is 17.9 Å². The molecule has 1 aromatic carbocycles. The first kappa shape index (κ1) is 17.8. The second-order valence-corrected chi connectivity index (χ2v) is 6.55. The van der Waals surface area contributed by atoms with Crippen LogP contribution in [0.25, 0.3) is 0 Å². The van der Waals surface area contributed by atoms with Crippen molar-refractivity contribution in [2.24, 2.45) is 0 Å². The lowest BCUT2D eigenvalue weighted by molar-refractivity contribution is -0.132. The molecule has 1 fully saturated rings. The smallest absolute Gasteiger partial charge is 0.236 e. The Labute approximate surface area is 140 Å². The second kappa shape index (κ2) is 9.56. The third kappa shape index (κ3) is 6.61. The molecule has 0 bridgehead atoms. The number of likely N-dealkylation sites (tertiary alicyclic amines) is 1. The highest BCUT2D eigenvalue weighted by atomic mass is 16.5. The largest absolute Gasteiger partial charge is 0.492 e. The van der Waals surface area contributed by atoms with Gasteiger partial charge in [0.05, 0.1) is 6.54 Å². The van der Waals surface area contributed by atoms with Crippen molar-refractivity contribution in [3.8, 4) is 5.75 Å². The molecule has 23 heavy (non-hydrogen) atoms. The van der Waals surface area contributed by atoms with Crippen LogP contribution in [0.3, 0.4) is 0 Å². The number of carbonyl (C=O) groups is 1. The Hall–Kier alpha value is -1.55. The molecule has 0 spiro atoms. The molecule has 0 saturated carbocycles. The number of hydrogen-bond donors (Lipinski definition) is 0. The average Bonchev–Trinajstić information content (AvgIpc) is 2.46. The van der Waals surface area contributed by atoms with E-state index in [1.54, 1.807) is 0 Å². The summed E-state index contributed by atoms with van der Waals surface area (Å²) in [6.07, 6.45) is 6.12. The van der Waals surface area contributed by atoms with Crippen LogP contribution >= 0.6 is 0 Å². The van der Waals surface area contributed by atoms with Crippen LogP contribution in [0.5, 0.6) is 5.75 Å². The van der Waals surface area contributed by atoms with Gasteiger partial charge in [0.1, 0.15) is 12.4 Å².